The molecule has 0 atom stereocenters. The number of aromatic nitrogens is 3. The van der Waals surface area contributed by atoms with Crippen molar-refractivity contribution in [3.05, 3.63) is 41.3 Å². The highest BCUT2D eigenvalue weighted by molar-refractivity contribution is 6.34. The summed E-state index contributed by atoms with van der Waals surface area (Å²) in [6.07, 6.45) is 3.67. The second-order valence-corrected chi connectivity index (χ2v) is 5.13. The monoisotopic (exact) mass is 287 g/mol. The number of pyridine rings is 1. The number of ether oxygens (including phenoxy) is 1. The zero-order valence-electron chi connectivity index (χ0n) is 11.0. The Hall–Kier alpha value is -2.27. The van der Waals surface area contributed by atoms with Crippen molar-refractivity contribution in [1.82, 2.24) is 9.78 Å². The number of nitrogens with one attached hydrogen (secondary N) is 1. The molecule has 0 spiro atoms. The molecule has 100 valence electrons. The Kier molecular flexibility index (Phi) is 2.23. The highest BCUT2D eigenvalue weighted by Gasteiger charge is 2.29. The van der Waals surface area contributed by atoms with Gasteiger partial charge in [-0.2, -0.15) is 0 Å². The van der Waals surface area contributed by atoms with Crippen molar-refractivity contribution in [2.45, 2.75) is 6.92 Å². The number of rotatable bonds is 1. The number of nitrogens with zero attached hydrogens (tertiary/aromatic N) is 3. The van der Waals surface area contributed by atoms with Crippen molar-refractivity contribution < 1.29 is 9.14 Å². The van der Waals surface area contributed by atoms with Crippen LogP contribution in [-0.2, 0) is 0 Å². The summed E-state index contributed by atoms with van der Waals surface area (Å²) in [7, 11) is 1.67. The van der Waals surface area contributed by atoms with Gasteiger partial charge >= 0.3 is 0 Å². The molecule has 5 nitrogen and oxygen atoms in total. The van der Waals surface area contributed by atoms with Crippen LogP contribution in [0.3, 0.4) is 0 Å². The summed E-state index contributed by atoms with van der Waals surface area (Å²) in [5, 5.41) is 8.52. The van der Waals surface area contributed by atoms with Gasteiger partial charge in [0.15, 0.2) is 5.69 Å². The molecular formula is C14H12ClN4O+. The van der Waals surface area contributed by atoms with Crippen LogP contribution >= 0.6 is 11.6 Å². The summed E-state index contributed by atoms with van der Waals surface area (Å²) in [6.45, 7) is 2.01. The van der Waals surface area contributed by atoms with Crippen molar-refractivity contribution >= 4 is 28.6 Å². The third-order valence-electron chi connectivity index (χ3n) is 3.67. The smallest absolute Gasteiger partial charge is 0.296 e. The minimum Gasteiger partial charge on any atom is -0.496 e. The average Bonchev–Trinajstić information content (AvgIpc) is 2.89. The van der Waals surface area contributed by atoms with Crippen LogP contribution in [0.25, 0.3) is 11.3 Å². The molecule has 0 fully saturated rings. The molecule has 1 aromatic carbocycles. The van der Waals surface area contributed by atoms with E-state index in [2.05, 4.69) is 10.4 Å². The number of halogens is 1. The molecular weight excluding hydrogens is 276 g/mol. The number of hydrogen-bond acceptors (Lipinski definition) is 3. The molecule has 0 aliphatic carbocycles. The molecule has 1 aliphatic heterocycles. The van der Waals surface area contributed by atoms with Crippen LogP contribution in [0.4, 0.5) is 11.4 Å². The van der Waals surface area contributed by atoms with Gasteiger partial charge in [-0.05, 0) is 25.1 Å². The number of methoxy groups -OCH3 is 1. The normalized spacial score (nSPS) is 12.2. The van der Waals surface area contributed by atoms with E-state index in [0.717, 1.165) is 34.0 Å². The van der Waals surface area contributed by atoms with Gasteiger partial charge in [0.2, 0.25) is 0 Å². The number of anilines is 2. The fraction of sp³-hybridized carbons (Fsp3) is 0.143. The molecule has 0 amide bonds. The fourth-order valence-electron chi connectivity index (χ4n) is 2.66. The summed E-state index contributed by atoms with van der Waals surface area (Å²) in [4.78, 5) is 0. The van der Waals surface area contributed by atoms with Crippen LogP contribution in [0.5, 0.6) is 5.75 Å². The van der Waals surface area contributed by atoms with Crippen LogP contribution < -0.4 is 14.5 Å². The Morgan fingerprint density at radius 2 is 2.15 bits per heavy atom. The number of hydrogen-bond donors (Lipinski definition) is 1. The highest BCUT2D eigenvalue weighted by Crippen LogP contribution is 2.40. The Morgan fingerprint density at radius 3 is 2.95 bits per heavy atom. The molecule has 2 aromatic heterocycles. The van der Waals surface area contributed by atoms with Gasteiger partial charge in [-0.1, -0.05) is 16.3 Å². The quantitative estimate of drug-likeness (QED) is 0.547. The molecule has 0 bridgehead atoms. The zero-order valence-corrected chi connectivity index (χ0v) is 11.8. The van der Waals surface area contributed by atoms with E-state index in [1.54, 1.807) is 13.4 Å². The molecule has 3 heterocycles. The van der Waals surface area contributed by atoms with Crippen LogP contribution in [0.1, 0.15) is 5.56 Å². The maximum Gasteiger partial charge on any atom is 0.296 e. The van der Waals surface area contributed by atoms with E-state index in [1.165, 1.54) is 0 Å². The van der Waals surface area contributed by atoms with Crippen LogP contribution in [-0.4, -0.2) is 16.9 Å². The predicted molar refractivity (Wildman–Crippen MR) is 76.3 cm³/mol. The summed E-state index contributed by atoms with van der Waals surface area (Å²) in [5.74, 6) is 0.836. The van der Waals surface area contributed by atoms with Crippen molar-refractivity contribution in [3.63, 3.8) is 0 Å². The second kappa shape index (κ2) is 3.86. The van der Waals surface area contributed by atoms with E-state index in [0.29, 0.717) is 5.02 Å². The van der Waals surface area contributed by atoms with Gasteiger partial charge in [0.05, 0.1) is 24.0 Å². The molecule has 6 heteroatoms. The fourth-order valence-corrected chi connectivity index (χ4v) is 2.84. The first-order valence-corrected chi connectivity index (χ1v) is 6.61. The van der Waals surface area contributed by atoms with E-state index in [4.69, 9.17) is 16.3 Å². The third-order valence-corrected chi connectivity index (χ3v) is 3.99. The van der Waals surface area contributed by atoms with Gasteiger partial charge in [-0.25, -0.2) is 4.40 Å². The lowest BCUT2D eigenvalue weighted by Gasteiger charge is -2.19. The lowest BCUT2D eigenvalue weighted by Crippen LogP contribution is -2.23. The molecule has 20 heavy (non-hydrogen) atoms. The minimum absolute atomic E-state index is 0.666. The first kappa shape index (κ1) is 11.5. The SMILES string of the molecule is COc1ccc2c(c1C)Nc1c(Cl)cc[n+]3cnn-2c13. The standard InChI is InChI=1S/C14H12ClN4O/c1-8-11(20-2)4-3-10-12(8)17-13-9(15)5-6-18-7-16-19(10)14(13)18/h3-7,17H,1-2H3/q+1. The van der Waals surface area contributed by atoms with E-state index < -0.39 is 0 Å². The van der Waals surface area contributed by atoms with Crippen molar-refractivity contribution in [3.8, 4) is 11.4 Å². The van der Waals surface area contributed by atoms with Crippen molar-refractivity contribution in [1.29, 1.82) is 0 Å². The van der Waals surface area contributed by atoms with Crippen LogP contribution in [0.2, 0.25) is 5.02 Å². The zero-order chi connectivity index (χ0) is 13.9. The maximum atomic E-state index is 6.31. The molecule has 0 saturated carbocycles. The summed E-state index contributed by atoms with van der Waals surface area (Å²) < 4.78 is 9.21. The van der Waals surface area contributed by atoms with Gasteiger partial charge < -0.3 is 10.1 Å². The lowest BCUT2D eigenvalue weighted by molar-refractivity contribution is -0.511. The van der Waals surface area contributed by atoms with Crippen molar-refractivity contribution in [2.75, 3.05) is 12.4 Å². The summed E-state index contributed by atoms with van der Waals surface area (Å²) in [5.41, 5.74) is 4.77. The van der Waals surface area contributed by atoms with Gasteiger partial charge in [-0.15, -0.1) is 0 Å². The minimum atomic E-state index is 0.666. The van der Waals surface area contributed by atoms with E-state index in [1.807, 2.05) is 40.4 Å². The summed E-state index contributed by atoms with van der Waals surface area (Å²) >= 11 is 6.31. The first-order chi connectivity index (χ1) is 9.70. The van der Waals surface area contributed by atoms with E-state index >= 15 is 0 Å². The van der Waals surface area contributed by atoms with Crippen LogP contribution in [0, 0.1) is 6.92 Å². The molecule has 3 aromatic rings. The Labute approximate surface area is 120 Å². The second-order valence-electron chi connectivity index (χ2n) is 4.72. The lowest BCUT2D eigenvalue weighted by atomic mass is 10.1. The molecule has 0 unspecified atom stereocenters. The van der Waals surface area contributed by atoms with Gasteiger partial charge in [0.25, 0.3) is 12.0 Å². The third kappa shape index (κ3) is 1.33. The van der Waals surface area contributed by atoms with Gasteiger partial charge in [0, 0.05) is 10.7 Å². The molecule has 0 radical (unpaired) electrons. The maximum absolute atomic E-state index is 6.31. The summed E-state index contributed by atoms with van der Waals surface area (Å²) in [6, 6.07) is 5.79. The predicted octanol–water partition coefficient (Wildman–Crippen LogP) is 2.64. The molecule has 1 aliphatic rings. The van der Waals surface area contributed by atoms with E-state index in [9.17, 15) is 0 Å². The van der Waals surface area contributed by atoms with Crippen molar-refractivity contribution in [2.24, 2.45) is 0 Å². The topological polar surface area (TPSA) is 43.2 Å². The highest BCUT2D eigenvalue weighted by atomic mass is 35.5. The van der Waals surface area contributed by atoms with Crippen LogP contribution in [0.15, 0.2) is 30.7 Å². The molecule has 4 rings (SSSR count). The molecule has 1 N–H and O–H groups in total. The number of benzene rings is 1. The van der Waals surface area contributed by atoms with Gasteiger partial charge in [-0.3, -0.25) is 0 Å². The first-order valence-electron chi connectivity index (χ1n) is 6.23. The van der Waals surface area contributed by atoms with Gasteiger partial charge in [0.1, 0.15) is 11.4 Å². The Morgan fingerprint density at radius 1 is 1.30 bits per heavy atom. The van der Waals surface area contributed by atoms with E-state index in [-0.39, 0.29) is 0 Å². The average molecular weight is 288 g/mol. The Balaban J connectivity index is 2.11. The number of fused-ring (bicyclic) bond motifs is 2. The largest absolute Gasteiger partial charge is 0.496 e. The molecule has 0 saturated heterocycles. The Bertz CT molecular complexity index is 856.